The summed E-state index contributed by atoms with van der Waals surface area (Å²) in [6, 6.07) is 4.02. The maximum Gasteiger partial charge on any atom is 0.433 e. The number of rotatable bonds is 5. The molecule has 1 heterocycles. The van der Waals surface area contributed by atoms with Crippen LogP contribution >= 0.6 is 0 Å². The van der Waals surface area contributed by atoms with Crippen LogP contribution in [0, 0.1) is 5.92 Å². The van der Waals surface area contributed by atoms with Gasteiger partial charge in [-0.15, -0.1) is 0 Å². The van der Waals surface area contributed by atoms with E-state index in [4.69, 9.17) is 0 Å². The molecule has 1 atom stereocenters. The van der Waals surface area contributed by atoms with E-state index in [0.717, 1.165) is 18.9 Å². The standard InChI is InChI=1S/C13H19F3N2/c1-4-10(5-2)9(3)17-12-8-6-7-11(18-12)13(14,15)16/h6-10H,4-5H2,1-3H3,(H,17,18). The molecule has 5 heteroatoms. The summed E-state index contributed by atoms with van der Waals surface area (Å²) in [5, 5.41) is 3.05. The van der Waals surface area contributed by atoms with E-state index in [0.29, 0.717) is 5.92 Å². The third-order valence-corrected chi connectivity index (χ3v) is 3.17. The molecule has 102 valence electrons. The Morgan fingerprint density at radius 2 is 1.83 bits per heavy atom. The Kier molecular flexibility index (Phi) is 4.99. The highest BCUT2D eigenvalue weighted by Gasteiger charge is 2.32. The van der Waals surface area contributed by atoms with Crippen LogP contribution in [0.1, 0.15) is 39.3 Å². The number of aromatic nitrogens is 1. The fourth-order valence-electron chi connectivity index (χ4n) is 2.02. The van der Waals surface area contributed by atoms with Gasteiger partial charge in [0.25, 0.3) is 0 Å². The molecule has 0 radical (unpaired) electrons. The third-order valence-electron chi connectivity index (χ3n) is 3.17. The van der Waals surface area contributed by atoms with E-state index in [2.05, 4.69) is 24.1 Å². The van der Waals surface area contributed by atoms with E-state index in [9.17, 15) is 13.2 Å². The second-order valence-corrected chi connectivity index (χ2v) is 4.42. The molecule has 0 bridgehead atoms. The molecule has 0 aliphatic carbocycles. The molecule has 1 unspecified atom stereocenters. The van der Waals surface area contributed by atoms with Gasteiger partial charge >= 0.3 is 6.18 Å². The van der Waals surface area contributed by atoms with Crippen molar-refractivity contribution in [3.63, 3.8) is 0 Å². The highest BCUT2D eigenvalue weighted by molar-refractivity contribution is 5.37. The minimum Gasteiger partial charge on any atom is -0.367 e. The van der Waals surface area contributed by atoms with Gasteiger partial charge in [-0.2, -0.15) is 13.2 Å². The lowest BCUT2D eigenvalue weighted by molar-refractivity contribution is -0.141. The number of pyridine rings is 1. The van der Waals surface area contributed by atoms with Crippen molar-refractivity contribution in [1.29, 1.82) is 0 Å². The van der Waals surface area contributed by atoms with Crippen molar-refractivity contribution < 1.29 is 13.2 Å². The SMILES string of the molecule is CCC(CC)C(C)Nc1cccc(C(F)(F)F)n1. The molecule has 0 amide bonds. The predicted molar refractivity (Wildman–Crippen MR) is 66.4 cm³/mol. The maximum atomic E-state index is 12.5. The number of hydrogen-bond donors (Lipinski definition) is 1. The van der Waals surface area contributed by atoms with E-state index in [1.807, 2.05) is 6.92 Å². The Morgan fingerprint density at radius 1 is 1.22 bits per heavy atom. The average Bonchev–Trinajstić information content (AvgIpc) is 2.29. The monoisotopic (exact) mass is 260 g/mol. The van der Waals surface area contributed by atoms with Crippen LogP contribution in [-0.4, -0.2) is 11.0 Å². The summed E-state index contributed by atoms with van der Waals surface area (Å²) >= 11 is 0. The smallest absolute Gasteiger partial charge is 0.367 e. The van der Waals surface area contributed by atoms with Crippen LogP contribution in [0.25, 0.3) is 0 Å². The molecule has 2 nitrogen and oxygen atoms in total. The first kappa shape index (κ1) is 14.8. The van der Waals surface area contributed by atoms with Crippen molar-refractivity contribution in [3.05, 3.63) is 23.9 Å². The Morgan fingerprint density at radius 3 is 2.33 bits per heavy atom. The molecule has 0 aliphatic heterocycles. The average molecular weight is 260 g/mol. The zero-order valence-corrected chi connectivity index (χ0v) is 10.9. The molecule has 0 spiro atoms. The molecule has 0 aromatic carbocycles. The van der Waals surface area contributed by atoms with Gasteiger partial charge in [0, 0.05) is 6.04 Å². The largest absolute Gasteiger partial charge is 0.433 e. The van der Waals surface area contributed by atoms with Gasteiger partial charge in [0.2, 0.25) is 0 Å². The number of hydrogen-bond acceptors (Lipinski definition) is 2. The van der Waals surface area contributed by atoms with Gasteiger partial charge in [-0.25, -0.2) is 4.98 Å². The van der Waals surface area contributed by atoms with Gasteiger partial charge in [-0.05, 0) is 25.0 Å². The summed E-state index contributed by atoms with van der Waals surface area (Å²) in [7, 11) is 0. The van der Waals surface area contributed by atoms with E-state index >= 15 is 0 Å². The fourth-order valence-corrected chi connectivity index (χ4v) is 2.02. The number of nitrogens with zero attached hydrogens (tertiary/aromatic N) is 1. The van der Waals surface area contributed by atoms with Crippen LogP contribution in [-0.2, 0) is 6.18 Å². The summed E-state index contributed by atoms with van der Waals surface area (Å²) < 4.78 is 37.5. The highest BCUT2D eigenvalue weighted by atomic mass is 19.4. The van der Waals surface area contributed by atoms with Crippen LogP contribution in [0.5, 0.6) is 0 Å². The summed E-state index contributed by atoms with van der Waals surface area (Å²) in [6.45, 7) is 6.12. The normalized spacial score (nSPS) is 13.7. The van der Waals surface area contributed by atoms with Crippen molar-refractivity contribution in [2.45, 2.75) is 45.8 Å². The lowest BCUT2D eigenvalue weighted by Gasteiger charge is -2.23. The van der Waals surface area contributed by atoms with Crippen LogP contribution in [0.15, 0.2) is 18.2 Å². The molecule has 0 fully saturated rings. The van der Waals surface area contributed by atoms with Gasteiger partial charge in [-0.3, -0.25) is 0 Å². The van der Waals surface area contributed by atoms with Crippen LogP contribution < -0.4 is 5.32 Å². The number of halogens is 3. The first-order valence-electron chi connectivity index (χ1n) is 6.19. The topological polar surface area (TPSA) is 24.9 Å². The van der Waals surface area contributed by atoms with E-state index in [1.54, 1.807) is 6.07 Å². The lowest BCUT2D eigenvalue weighted by Crippen LogP contribution is -2.25. The van der Waals surface area contributed by atoms with Crippen molar-refractivity contribution in [3.8, 4) is 0 Å². The van der Waals surface area contributed by atoms with Crippen molar-refractivity contribution in [2.24, 2.45) is 5.92 Å². The Bertz CT molecular complexity index is 373. The highest BCUT2D eigenvalue weighted by Crippen LogP contribution is 2.28. The summed E-state index contributed by atoms with van der Waals surface area (Å²) in [4.78, 5) is 3.60. The zero-order chi connectivity index (χ0) is 13.8. The molecule has 0 saturated carbocycles. The van der Waals surface area contributed by atoms with Gasteiger partial charge in [0.15, 0.2) is 0 Å². The molecule has 0 saturated heterocycles. The number of nitrogens with one attached hydrogen (secondary N) is 1. The minimum atomic E-state index is -4.39. The second-order valence-electron chi connectivity index (χ2n) is 4.42. The Labute approximate surface area is 106 Å². The summed E-state index contributed by atoms with van der Waals surface area (Å²) in [5.74, 6) is 0.713. The van der Waals surface area contributed by atoms with Crippen LogP contribution in [0.4, 0.5) is 19.0 Å². The predicted octanol–water partition coefficient (Wildman–Crippen LogP) is 4.34. The zero-order valence-electron chi connectivity index (χ0n) is 10.9. The van der Waals surface area contributed by atoms with Crippen LogP contribution in [0.3, 0.4) is 0 Å². The number of alkyl halides is 3. The second kappa shape index (κ2) is 6.07. The van der Waals surface area contributed by atoms with Gasteiger partial charge in [0.1, 0.15) is 11.5 Å². The lowest BCUT2D eigenvalue weighted by atomic mass is 9.95. The van der Waals surface area contributed by atoms with E-state index in [-0.39, 0.29) is 11.9 Å². The Balaban J connectivity index is 2.79. The molecule has 1 aromatic rings. The summed E-state index contributed by atoms with van der Waals surface area (Å²) in [5.41, 5.74) is -0.857. The fraction of sp³-hybridized carbons (Fsp3) is 0.615. The first-order chi connectivity index (χ1) is 8.38. The molecule has 18 heavy (non-hydrogen) atoms. The van der Waals surface area contributed by atoms with Crippen LogP contribution in [0.2, 0.25) is 0 Å². The van der Waals surface area contributed by atoms with Crippen molar-refractivity contribution in [1.82, 2.24) is 4.98 Å². The molecule has 1 N–H and O–H groups in total. The molecule has 1 rings (SSSR count). The van der Waals surface area contributed by atoms with Gasteiger partial charge < -0.3 is 5.32 Å². The maximum absolute atomic E-state index is 12.5. The molecular weight excluding hydrogens is 241 g/mol. The van der Waals surface area contributed by atoms with Crippen molar-refractivity contribution in [2.75, 3.05) is 5.32 Å². The summed E-state index contributed by atoms with van der Waals surface area (Å²) in [6.07, 6.45) is -2.41. The van der Waals surface area contributed by atoms with Gasteiger partial charge in [0.05, 0.1) is 0 Å². The quantitative estimate of drug-likeness (QED) is 0.852. The molecule has 1 aromatic heterocycles. The number of anilines is 1. The third kappa shape index (κ3) is 3.89. The first-order valence-corrected chi connectivity index (χ1v) is 6.19. The van der Waals surface area contributed by atoms with Gasteiger partial charge in [-0.1, -0.05) is 32.8 Å². The minimum absolute atomic E-state index is 0.107. The van der Waals surface area contributed by atoms with Crippen molar-refractivity contribution >= 4 is 5.82 Å². The molecule has 0 aliphatic rings. The van der Waals surface area contributed by atoms with E-state index in [1.165, 1.54) is 6.07 Å². The van der Waals surface area contributed by atoms with E-state index < -0.39 is 11.9 Å². The molecular formula is C13H19F3N2. The Hall–Kier alpha value is -1.26.